The van der Waals surface area contributed by atoms with Gasteiger partial charge in [-0.1, -0.05) is 64.5 Å². The molecule has 0 aliphatic carbocycles. The van der Waals surface area contributed by atoms with Crippen molar-refractivity contribution in [2.24, 2.45) is 0 Å². The van der Waals surface area contributed by atoms with E-state index in [4.69, 9.17) is 21.7 Å². The van der Waals surface area contributed by atoms with Gasteiger partial charge in [-0.3, -0.25) is 4.57 Å². The third kappa shape index (κ3) is 6.21. The molecule has 3 aromatic carbocycles. The van der Waals surface area contributed by atoms with Crippen molar-refractivity contribution < 1.29 is 30.8 Å². The molecule has 0 aliphatic rings. The lowest BCUT2D eigenvalue weighted by Crippen LogP contribution is -2.20. The molecule has 0 radical (unpaired) electrons. The Morgan fingerprint density at radius 2 is 1.49 bits per heavy atom. The minimum absolute atomic E-state index is 0.0455. The Hall–Kier alpha value is -1.55. The lowest BCUT2D eigenvalue weighted by atomic mass is 9.90. The van der Waals surface area contributed by atoms with Crippen LogP contribution in [0.1, 0.15) is 37.5 Å². The number of hydrogen-bond donors (Lipinski definition) is 1. The summed E-state index contributed by atoms with van der Waals surface area (Å²) in [7, 11) is -8.09. The Kier molecular flexibility index (Phi) is 9.15. The van der Waals surface area contributed by atoms with Gasteiger partial charge in [0.05, 0.1) is 22.9 Å². The maximum absolute atomic E-state index is 15.3. The molecular formula is C26H28BrF2O5PS2. The summed E-state index contributed by atoms with van der Waals surface area (Å²) in [6.45, 7) is 4.40. The SMILES string of the molecule is CCOP(=O)(OCC)C(F)(F)c1ccc(C(C)(S)c2ccc(-c3cccc(S(C)(=O)=O)c3)cc2)cc1Br. The number of halogens is 3. The van der Waals surface area contributed by atoms with E-state index in [0.717, 1.165) is 22.9 Å². The summed E-state index contributed by atoms with van der Waals surface area (Å²) in [5.41, 5.74) is -1.40. The van der Waals surface area contributed by atoms with Gasteiger partial charge >= 0.3 is 13.3 Å². The van der Waals surface area contributed by atoms with E-state index in [1.807, 2.05) is 37.3 Å². The standard InChI is InChI=1S/C26H28BrF2O5PS2/c1-5-33-35(30,34-6-2)26(28,29)23-15-14-21(17-24(23)27)25(3,36)20-12-10-18(11-13-20)19-8-7-9-22(16-19)37(4,31)32/h7-17,36H,5-6H2,1-4H3. The third-order valence-corrected chi connectivity index (χ3v) is 10.2. The van der Waals surface area contributed by atoms with Crippen LogP contribution >= 0.6 is 36.2 Å². The van der Waals surface area contributed by atoms with Crippen LogP contribution in [0.3, 0.4) is 0 Å². The molecule has 0 saturated heterocycles. The van der Waals surface area contributed by atoms with E-state index >= 15 is 8.78 Å². The Balaban J connectivity index is 1.95. The number of alkyl halides is 2. The van der Waals surface area contributed by atoms with Gasteiger partial charge in [0.25, 0.3) is 0 Å². The molecule has 0 N–H and O–H groups in total. The summed E-state index contributed by atoms with van der Waals surface area (Å²) >= 11 is 8.04. The molecule has 3 aromatic rings. The highest BCUT2D eigenvalue weighted by atomic mass is 79.9. The van der Waals surface area contributed by atoms with Crippen molar-refractivity contribution in [2.45, 2.75) is 36.1 Å². The third-order valence-electron chi connectivity index (χ3n) is 5.84. The van der Waals surface area contributed by atoms with Crippen LogP contribution in [0.4, 0.5) is 8.78 Å². The summed E-state index contributed by atoms with van der Waals surface area (Å²) in [4.78, 5) is 0.230. The molecule has 1 unspecified atom stereocenters. The predicted molar refractivity (Wildman–Crippen MR) is 149 cm³/mol. The zero-order chi connectivity index (χ0) is 27.6. The van der Waals surface area contributed by atoms with Crippen LogP contribution < -0.4 is 0 Å². The van der Waals surface area contributed by atoms with Crippen LogP contribution in [0.25, 0.3) is 11.1 Å². The molecule has 1 atom stereocenters. The van der Waals surface area contributed by atoms with Crippen LogP contribution in [-0.4, -0.2) is 27.9 Å². The number of sulfone groups is 1. The van der Waals surface area contributed by atoms with Crippen molar-refractivity contribution in [2.75, 3.05) is 19.5 Å². The lowest BCUT2D eigenvalue weighted by molar-refractivity contribution is 0.0354. The predicted octanol–water partition coefficient (Wildman–Crippen LogP) is 8.03. The molecular weight excluding hydrogens is 605 g/mol. The van der Waals surface area contributed by atoms with Gasteiger partial charge in [-0.25, -0.2) is 8.42 Å². The van der Waals surface area contributed by atoms with Crippen molar-refractivity contribution in [1.82, 2.24) is 0 Å². The van der Waals surface area contributed by atoms with Crippen molar-refractivity contribution >= 4 is 46.0 Å². The highest BCUT2D eigenvalue weighted by molar-refractivity contribution is 9.10. The Labute approximate surface area is 230 Å². The van der Waals surface area contributed by atoms with Gasteiger partial charge < -0.3 is 9.05 Å². The fraction of sp³-hybridized carbons (Fsp3) is 0.308. The summed E-state index contributed by atoms with van der Waals surface area (Å²) in [6.07, 6.45) is 1.16. The van der Waals surface area contributed by atoms with E-state index in [-0.39, 0.29) is 22.6 Å². The highest BCUT2D eigenvalue weighted by Crippen LogP contribution is 2.67. The molecule has 37 heavy (non-hydrogen) atoms. The Bertz CT molecular complexity index is 1420. The zero-order valence-corrected chi connectivity index (χ0v) is 24.9. The molecule has 200 valence electrons. The topological polar surface area (TPSA) is 69.7 Å². The van der Waals surface area contributed by atoms with Crippen molar-refractivity contribution in [3.8, 4) is 11.1 Å². The first kappa shape index (κ1) is 30.0. The average molecular weight is 634 g/mol. The molecule has 0 fully saturated rings. The van der Waals surface area contributed by atoms with Gasteiger partial charge in [0.15, 0.2) is 9.84 Å². The van der Waals surface area contributed by atoms with Gasteiger partial charge in [0.2, 0.25) is 0 Å². The van der Waals surface area contributed by atoms with Crippen molar-refractivity contribution in [3.63, 3.8) is 0 Å². The van der Waals surface area contributed by atoms with E-state index in [1.165, 1.54) is 32.0 Å². The molecule has 0 heterocycles. The highest BCUT2D eigenvalue weighted by Gasteiger charge is 2.55. The van der Waals surface area contributed by atoms with Gasteiger partial charge in [0.1, 0.15) is 0 Å². The van der Waals surface area contributed by atoms with Crippen LogP contribution in [0.2, 0.25) is 0 Å². The molecule has 0 aromatic heterocycles. The monoisotopic (exact) mass is 632 g/mol. The summed E-state index contributed by atoms with van der Waals surface area (Å²) in [5, 5.41) is 0. The first-order chi connectivity index (χ1) is 17.2. The van der Waals surface area contributed by atoms with Crippen LogP contribution in [0.5, 0.6) is 0 Å². The first-order valence-electron chi connectivity index (χ1n) is 11.4. The second-order valence-corrected chi connectivity index (χ2v) is 14.4. The van der Waals surface area contributed by atoms with Crippen LogP contribution in [0, 0.1) is 0 Å². The van der Waals surface area contributed by atoms with E-state index < -0.39 is 33.4 Å². The van der Waals surface area contributed by atoms with Gasteiger partial charge in [-0.2, -0.15) is 21.4 Å². The second kappa shape index (κ2) is 11.3. The largest absolute Gasteiger partial charge is 0.404 e. The van der Waals surface area contributed by atoms with E-state index in [2.05, 4.69) is 15.9 Å². The molecule has 0 aliphatic heterocycles. The summed E-state index contributed by atoms with van der Waals surface area (Å²) < 4.78 is 76.2. The van der Waals surface area contributed by atoms with E-state index in [0.29, 0.717) is 5.56 Å². The van der Waals surface area contributed by atoms with Gasteiger partial charge in [-0.15, -0.1) is 0 Å². The van der Waals surface area contributed by atoms with Gasteiger partial charge in [0, 0.05) is 16.3 Å². The molecule has 0 spiro atoms. The molecule has 5 nitrogen and oxygen atoms in total. The normalized spacial score (nSPS) is 14.4. The van der Waals surface area contributed by atoms with Crippen LogP contribution in [-0.2, 0) is 33.9 Å². The molecule has 0 amide bonds. The van der Waals surface area contributed by atoms with E-state index in [9.17, 15) is 13.0 Å². The quantitative estimate of drug-likeness (QED) is 0.181. The van der Waals surface area contributed by atoms with Crippen molar-refractivity contribution in [3.05, 3.63) is 87.9 Å². The summed E-state index contributed by atoms with van der Waals surface area (Å²) in [6, 6.07) is 18.3. The van der Waals surface area contributed by atoms with E-state index in [1.54, 1.807) is 18.2 Å². The minimum atomic E-state index is -4.75. The number of rotatable bonds is 10. The fourth-order valence-electron chi connectivity index (χ4n) is 3.81. The number of hydrogen-bond acceptors (Lipinski definition) is 6. The molecule has 0 bridgehead atoms. The lowest BCUT2D eigenvalue weighted by Gasteiger charge is -2.29. The number of benzene rings is 3. The maximum Gasteiger partial charge on any atom is 0.404 e. The molecule has 11 heteroatoms. The second-order valence-electron chi connectivity index (χ2n) is 8.52. The average Bonchev–Trinajstić information content (AvgIpc) is 2.83. The molecule has 0 saturated carbocycles. The van der Waals surface area contributed by atoms with Crippen molar-refractivity contribution in [1.29, 1.82) is 0 Å². The first-order valence-corrected chi connectivity index (χ1v) is 16.1. The Morgan fingerprint density at radius 1 is 0.919 bits per heavy atom. The van der Waals surface area contributed by atoms with Crippen LogP contribution in [0.15, 0.2) is 76.1 Å². The zero-order valence-electron chi connectivity index (χ0n) is 20.7. The maximum atomic E-state index is 15.3. The molecule has 3 rings (SSSR count). The fourth-order valence-corrected chi connectivity index (χ4v) is 7.11. The smallest absolute Gasteiger partial charge is 0.304 e. The van der Waals surface area contributed by atoms with Gasteiger partial charge in [-0.05, 0) is 61.2 Å². The minimum Gasteiger partial charge on any atom is -0.304 e. The number of thiol groups is 1. The Morgan fingerprint density at radius 3 is 2.00 bits per heavy atom. The summed E-state index contributed by atoms with van der Waals surface area (Å²) in [5.74, 6) is 0.